The molecule has 2 saturated carbocycles. The van der Waals surface area contributed by atoms with Crippen molar-refractivity contribution in [3.63, 3.8) is 0 Å². The molecule has 20 heavy (non-hydrogen) atoms. The van der Waals surface area contributed by atoms with Crippen LogP contribution in [0.4, 0.5) is 0 Å². The SMILES string of the molecule is CCC(C)(I)C(=O)OC1C2CC3C1OC(=O)C3(C#N)C2. The first kappa shape index (κ1) is 14.1. The number of hydrogen-bond acceptors (Lipinski definition) is 5. The fourth-order valence-electron chi connectivity index (χ4n) is 3.68. The maximum atomic E-state index is 12.2. The molecule has 1 saturated heterocycles. The van der Waals surface area contributed by atoms with E-state index in [0.29, 0.717) is 12.8 Å². The van der Waals surface area contributed by atoms with Gasteiger partial charge in [0.1, 0.15) is 15.6 Å². The van der Waals surface area contributed by atoms with Gasteiger partial charge in [-0.15, -0.1) is 0 Å². The Morgan fingerprint density at radius 3 is 3.00 bits per heavy atom. The lowest BCUT2D eigenvalue weighted by atomic mass is 9.74. The Balaban J connectivity index is 1.80. The third-order valence-electron chi connectivity index (χ3n) is 5.10. The first-order valence-corrected chi connectivity index (χ1v) is 7.96. The van der Waals surface area contributed by atoms with Gasteiger partial charge in [-0.1, -0.05) is 29.5 Å². The minimum Gasteiger partial charge on any atom is -0.457 e. The molecule has 6 heteroatoms. The van der Waals surface area contributed by atoms with Crippen LogP contribution in [0.2, 0.25) is 0 Å². The van der Waals surface area contributed by atoms with Crippen LogP contribution in [0.1, 0.15) is 33.1 Å². The third kappa shape index (κ3) is 1.65. The molecule has 6 atom stereocenters. The average molecular weight is 389 g/mol. The molecule has 2 bridgehead atoms. The van der Waals surface area contributed by atoms with Gasteiger partial charge >= 0.3 is 11.9 Å². The Bertz CT molecular complexity index is 526. The van der Waals surface area contributed by atoms with Crippen molar-refractivity contribution in [2.24, 2.45) is 17.3 Å². The minimum atomic E-state index is -0.976. The highest BCUT2D eigenvalue weighted by atomic mass is 127. The molecule has 108 valence electrons. The van der Waals surface area contributed by atoms with Gasteiger partial charge in [0.25, 0.3) is 0 Å². The van der Waals surface area contributed by atoms with Gasteiger partial charge in [-0.2, -0.15) is 5.26 Å². The molecule has 3 rings (SSSR count). The van der Waals surface area contributed by atoms with Crippen molar-refractivity contribution in [1.82, 2.24) is 0 Å². The molecule has 3 aliphatic rings. The molecule has 0 spiro atoms. The van der Waals surface area contributed by atoms with Crippen LogP contribution in [-0.4, -0.2) is 27.6 Å². The first-order chi connectivity index (χ1) is 9.35. The largest absolute Gasteiger partial charge is 0.457 e. The lowest BCUT2D eigenvalue weighted by Crippen LogP contribution is -2.42. The summed E-state index contributed by atoms with van der Waals surface area (Å²) in [6.07, 6.45) is 1.09. The van der Waals surface area contributed by atoms with Crippen LogP contribution < -0.4 is 0 Å². The standard InChI is InChI=1S/C14H16INO4/c1-3-13(2,15)11(17)19-9-7-4-8-10(9)20-12(18)14(8,5-7)6-16/h7-10H,3-5H2,1-2H3. The van der Waals surface area contributed by atoms with E-state index in [2.05, 4.69) is 28.7 Å². The Morgan fingerprint density at radius 1 is 1.70 bits per heavy atom. The molecule has 0 aromatic heterocycles. The van der Waals surface area contributed by atoms with E-state index in [1.807, 2.05) is 13.8 Å². The van der Waals surface area contributed by atoms with Crippen LogP contribution in [0, 0.1) is 28.6 Å². The molecular weight excluding hydrogens is 373 g/mol. The van der Waals surface area contributed by atoms with E-state index >= 15 is 0 Å². The number of ether oxygens (including phenoxy) is 2. The topological polar surface area (TPSA) is 76.4 Å². The van der Waals surface area contributed by atoms with E-state index in [9.17, 15) is 14.9 Å². The normalized spacial score (nSPS) is 43.8. The summed E-state index contributed by atoms with van der Waals surface area (Å²) < 4.78 is 10.4. The summed E-state index contributed by atoms with van der Waals surface area (Å²) in [6, 6.07) is 2.15. The predicted molar refractivity (Wildman–Crippen MR) is 76.7 cm³/mol. The maximum Gasteiger partial charge on any atom is 0.327 e. The first-order valence-electron chi connectivity index (χ1n) is 6.88. The second-order valence-electron chi connectivity index (χ2n) is 6.18. The van der Waals surface area contributed by atoms with Crippen molar-refractivity contribution >= 4 is 34.5 Å². The average Bonchev–Trinajstić information content (AvgIpc) is 3.00. The molecule has 1 aliphatic heterocycles. The zero-order chi connectivity index (χ0) is 14.7. The van der Waals surface area contributed by atoms with Crippen LogP contribution in [0.5, 0.6) is 0 Å². The second-order valence-corrected chi connectivity index (χ2v) is 8.56. The van der Waals surface area contributed by atoms with E-state index in [1.165, 1.54) is 0 Å². The van der Waals surface area contributed by atoms with Gasteiger partial charge in [-0.05, 0) is 26.2 Å². The maximum absolute atomic E-state index is 12.2. The Hall–Kier alpha value is -0.840. The van der Waals surface area contributed by atoms with Gasteiger partial charge in [0.05, 0.1) is 6.07 Å². The van der Waals surface area contributed by atoms with Gasteiger partial charge in [0, 0.05) is 11.8 Å². The summed E-state index contributed by atoms with van der Waals surface area (Å²) in [5.41, 5.74) is -0.976. The number of halogens is 1. The van der Waals surface area contributed by atoms with Gasteiger partial charge in [0.2, 0.25) is 0 Å². The summed E-state index contributed by atoms with van der Waals surface area (Å²) in [7, 11) is 0. The lowest BCUT2D eigenvalue weighted by molar-refractivity contribution is -0.163. The Labute approximate surface area is 131 Å². The van der Waals surface area contributed by atoms with E-state index in [4.69, 9.17) is 9.47 Å². The molecular formula is C14H16INO4. The van der Waals surface area contributed by atoms with E-state index in [-0.39, 0.29) is 23.9 Å². The Kier molecular flexibility index (Phi) is 3.05. The Morgan fingerprint density at radius 2 is 2.40 bits per heavy atom. The van der Waals surface area contributed by atoms with Gasteiger partial charge in [-0.25, -0.2) is 0 Å². The number of esters is 2. The van der Waals surface area contributed by atoms with Crippen LogP contribution >= 0.6 is 22.6 Å². The van der Waals surface area contributed by atoms with Crippen molar-refractivity contribution in [2.75, 3.05) is 0 Å². The van der Waals surface area contributed by atoms with Gasteiger partial charge in [-0.3, -0.25) is 9.59 Å². The summed E-state index contributed by atoms with van der Waals surface area (Å²) >= 11 is 2.09. The van der Waals surface area contributed by atoms with E-state index in [1.54, 1.807) is 0 Å². The highest BCUT2D eigenvalue weighted by molar-refractivity contribution is 14.1. The molecule has 3 fully saturated rings. The summed E-state index contributed by atoms with van der Waals surface area (Å²) in [6.45, 7) is 3.77. The molecule has 0 amide bonds. The van der Waals surface area contributed by atoms with Crippen molar-refractivity contribution in [3.8, 4) is 6.07 Å². The van der Waals surface area contributed by atoms with Crippen molar-refractivity contribution in [3.05, 3.63) is 0 Å². The van der Waals surface area contributed by atoms with Crippen molar-refractivity contribution in [2.45, 2.75) is 48.7 Å². The minimum absolute atomic E-state index is 0.0732. The number of hydrogen-bond donors (Lipinski definition) is 0. The third-order valence-corrected chi connectivity index (χ3v) is 6.30. The summed E-state index contributed by atoms with van der Waals surface area (Å²) in [5.74, 6) is -0.721. The van der Waals surface area contributed by atoms with Crippen LogP contribution in [-0.2, 0) is 19.1 Å². The fraction of sp³-hybridized carbons (Fsp3) is 0.786. The van der Waals surface area contributed by atoms with Gasteiger partial charge < -0.3 is 9.47 Å². The molecule has 1 heterocycles. The van der Waals surface area contributed by atoms with E-state index < -0.39 is 20.9 Å². The van der Waals surface area contributed by atoms with Crippen molar-refractivity contribution in [1.29, 1.82) is 5.26 Å². The molecule has 5 nitrogen and oxygen atoms in total. The van der Waals surface area contributed by atoms with Gasteiger partial charge in [0.15, 0.2) is 5.41 Å². The number of nitriles is 1. The van der Waals surface area contributed by atoms with Crippen LogP contribution in [0.15, 0.2) is 0 Å². The quantitative estimate of drug-likeness (QED) is 0.419. The monoisotopic (exact) mass is 389 g/mol. The number of rotatable bonds is 3. The highest BCUT2D eigenvalue weighted by Crippen LogP contribution is 2.62. The number of alkyl halides is 1. The molecule has 6 unspecified atom stereocenters. The van der Waals surface area contributed by atoms with E-state index in [0.717, 1.165) is 6.42 Å². The van der Waals surface area contributed by atoms with Crippen LogP contribution in [0.3, 0.4) is 0 Å². The lowest BCUT2D eigenvalue weighted by Gasteiger charge is -2.30. The molecule has 0 N–H and O–H groups in total. The zero-order valence-corrected chi connectivity index (χ0v) is 13.5. The highest BCUT2D eigenvalue weighted by Gasteiger charge is 2.72. The number of carbonyl (C=O) groups is 2. The smallest absolute Gasteiger partial charge is 0.327 e. The molecule has 0 aromatic carbocycles. The molecule has 0 radical (unpaired) electrons. The summed E-state index contributed by atoms with van der Waals surface area (Å²) in [4.78, 5) is 24.1. The number of nitrogens with zero attached hydrogens (tertiary/aromatic N) is 1. The fourth-order valence-corrected chi connectivity index (χ4v) is 3.81. The molecule has 2 aliphatic carbocycles. The number of carbonyl (C=O) groups excluding carboxylic acids is 2. The van der Waals surface area contributed by atoms with Crippen molar-refractivity contribution < 1.29 is 19.1 Å². The second kappa shape index (κ2) is 4.33. The molecule has 0 aromatic rings. The predicted octanol–water partition coefficient (Wildman–Crippen LogP) is 1.98. The number of fused-ring (bicyclic) bond motifs is 1. The summed E-state index contributed by atoms with van der Waals surface area (Å²) in [5, 5.41) is 9.31. The van der Waals surface area contributed by atoms with Crippen LogP contribution in [0.25, 0.3) is 0 Å². The zero-order valence-electron chi connectivity index (χ0n) is 11.4.